The van der Waals surface area contributed by atoms with E-state index in [1.54, 1.807) is 7.11 Å². The highest BCUT2D eigenvalue weighted by Crippen LogP contribution is 2.24. The van der Waals surface area contributed by atoms with Crippen molar-refractivity contribution in [1.82, 2.24) is 14.5 Å². The number of aromatic nitrogens is 2. The third-order valence-corrected chi connectivity index (χ3v) is 6.68. The first kappa shape index (κ1) is 25.0. The quantitative estimate of drug-likeness (QED) is 0.337. The maximum Gasteiger partial charge on any atom is 0.204 e. The molecule has 0 saturated carbocycles. The molecule has 0 radical (unpaired) electrons. The van der Waals surface area contributed by atoms with Gasteiger partial charge in [0, 0.05) is 25.7 Å². The zero-order valence-corrected chi connectivity index (χ0v) is 20.8. The van der Waals surface area contributed by atoms with E-state index in [9.17, 15) is 4.39 Å². The molecule has 1 N–H and O–H groups in total. The van der Waals surface area contributed by atoms with Gasteiger partial charge in [0.1, 0.15) is 11.6 Å². The van der Waals surface area contributed by atoms with Crippen LogP contribution in [0.1, 0.15) is 24.0 Å². The molecule has 5 nitrogen and oxygen atoms in total. The Morgan fingerprint density at radius 2 is 1.74 bits per heavy atom. The number of hydrogen-bond acceptors (Lipinski definition) is 4. The van der Waals surface area contributed by atoms with Crippen LogP contribution < -0.4 is 10.1 Å². The van der Waals surface area contributed by atoms with Crippen LogP contribution in [0.4, 0.5) is 10.3 Å². The van der Waals surface area contributed by atoms with Gasteiger partial charge in [0.15, 0.2) is 0 Å². The molecule has 1 aromatic heterocycles. The van der Waals surface area contributed by atoms with E-state index in [-0.39, 0.29) is 18.2 Å². The summed E-state index contributed by atoms with van der Waals surface area (Å²) in [5, 5.41) is 3.71. The van der Waals surface area contributed by atoms with Gasteiger partial charge in [-0.1, -0.05) is 36.4 Å². The molecule has 0 aliphatic carbocycles. The zero-order chi connectivity index (χ0) is 23.3. The summed E-state index contributed by atoms with van der Waals surface area (Å²) in [6.07, 6.45) is 3.19. The number of hydrogen-bond donors (Lipinski definition) is 1. The second-order valence-electron chi connectivity index (χ2n) is 9.00. The second kappa shape index (κ2) is 11.6. The molecule has 0 spiro atoms. The molecule has 1 aliphatic heterocycles. The first-order valence-electron chi connectivity index (χ1n) is 12.0. The van der Waals surface area contributed by atoms with E-state index in [1.165, 1.54) is 17.7 Å². The first-order valence-corrected chi connectivity index (χ1v) is 12.0. The van der Waals surface area contributed by atoms with Gasteiger partial charge in [-0.2, -0.15) is 0 Å². The number of piperidine rings is 1. The molecular weight excluding hydrogens is 463 g/mol. The minimum Gasteiger partial charge on any atom is -0.497 e. The van der Waals surface area contributed by atoms with Crippen molar-refractivity contribution in [3.05, 3.63) is 89.7 Å². The van der Waals surface area contributed by atoms with Crippen molar-refractivity contribution in [2.75, 3.05) is 32.1 Å². The Morgan fingerprint density at radius 3 is 2.51 bits per heavy atom. The highest BCUT2D eigenvalue weighted by molar-refractivity contribution is 5.85. The Morgan fingerprint density at radius 1 is 0.971 bits per heavy atom. The van der Waals surface area contributed by atoms with Crippen molar-refractivity contribution in [3.8, 4) is 5.75 Å². The van der Waals surface area contributed by atoms with Crippen LogP contribution in [-0.2, 0) is 13.0 Å². The first-order chi connectivity index (χ1) is 16.7. The molecule has 3 aromatic carbocycles. The van der Waals surface area contributed by atoms with E-state index in [4.69, 9.17) is 9.72 Å². The maximum atomic E-state index is 13.4. The topological polar surface area (TPSA) is 42.3 Å². The summed E-state index contributed by atoms with van der Waals surface area (Å²) in [7, 11) is 1.71. The average molecular weight is 495 g/mol. The van der Waals surface area contributed by atoms with Crippen LogP contribution in [0.5, 0.6) is 5.75 Å². The van der Waals surface area contributed by atoms with Gasteiger partial charge in [-0.15, -0.1) is 12.4 Å². The van der Waals surface area contributed by atoms with Gasteiger partial charge in [0.25, 0.3) is 0 Å². The van der Waals surface area contributed by atoms with Crippen LogP contribution in [0.3, 0.4) is 0 Å². The minimum atomic E-state index is -0.212. The highest BCUT2D eigenvalue weighted by atomic mass is 35.5. The molecule has 7 heteroatoms. The lowest BCUT2D eigenvalue weighted by Crippen LogP contribution is -2.40. The van der Waals surface area contributed by atoms with Crippen molar-refractivity contribution < 1.29 is 9.13 Å². The molecule has 5 rings (SSSR count). The molecule has 0 bridgehead atoms. The van der Waals surface area contributed by atoms with E-state index < -0.39 is 0 Å². The standard InChI is InChI=1S/C28H31FN4O.ClH/c1-34-25-6-4-5-21(19-25)13-16-32-17-14-24(15-18-32)30-28-31-26-7-2-3-8-27(26)33(28)20-22-9-11-23(29)12-10-22;/h2-12,19,24H,13-18,20H2,1H3,(H,30,31);1H. The van der Waals surface area contributed by atoms with Gasteiger partial charge in [0.2, 0.25) is 5.95 Å². The summed E-state index contributed by atoms with van der Waals surface area (Å²) in [4.78, 5) is 7.42. The molecule has 2 heterocycles. The zero-order valence-electron chi connectivity index (χ0n) is 20.0. The summed E-state index contributed by atoms with van der Waals surface area (Å²) >= 11 is 0. The van der Waals surface area contributed by atoms with Crippen LogP contribution in [-0.4, -0.2) is 47.2 Å². The highest BCUT2D eigenvalue weighted by Gasteiger charge is 2.21. The number of methoxy groups -OCH3 is 1. The summed E-state index contributed by atoms with van der Waals surface area (Å²) in [6.45, 7) is 3.85. The van der Waals surface area contributed by atoms with Gasteiger partial charge in [0.05, 0.1) is 24.7 Å². The van der Waals surface area contributed by atoms with Gasteiger partial charge in [-0.05, 0) is 66.8 Å². The van der Waals surface area contributed by atoms with Crippen LogP contribution in [0.2, 0.25) is 0 Å². The summed E-state index contributed by atoms with van der Waals surface area (Å²) in [5.74, 6) is 1.60. The third-order valence-electron chi connectivity index (χ3n) is 6.68. The van der Waals surface area contributed by atoms with Gasteiger partial charge < -0.3 is 19.5 Å². The molecular formula is C28H32ClFN4O. The SMILES string of the molecule is COc1cccc(CCN2CCC(Nc3nc4ccccc4n3Cc3ccc(F)cc3)CC2)c1.Cl. The lowest BCUT2D eigenvalue weighted by molar-refractivity contribution is 0.221. The Kier molecular flexibility index (Phi) is 8.26. The molecule has 184 valence electrons. The number of likely N-dealkylation sites (tertiary alicyclic amines) is 1. The minimum absolute atomic E-state index is 0. The fourth-order valence-electron chi connectivity index (χ4n) is 4.72. The van der Waals surface area contributed by atoms with E-state index in [0.29, 0.717) is 12.6 Å². The normalized spacial score (nSPS) is 14.6. The van der Waals surface area contributed by atoms with Crippen LogP contribution in [0.25, 0.3) is 11.0 Å². The molecule has 0 amide bonds. The van der Waals surface area contributed by atoms with Gasteiger partial charge >= 0.3 is 0 Å². The number of imidazole rings is 1. The third kappa shape index (κ3) is 6.13. The number of fused-ring (bicyclic) bond motifs is 1. The van der Waals surface area contributed by atoms with Gasteiger partial charge in [-0.3, -0.25) is 0 Å². The number of nitrogens with zero attached hydrogens (tertiary/aromatic N) is 3. The Balaban J connectivity index is 0.00000289. The average Bonchev–Trinajstić information content (AvgIpc) is 3.22. The number of benzene rings is 3. The predicted octanol–water partition coefficient (Wildman–Crippen LogP) is 5.77. The smallest absolute Gasteiger partial charge is 0.204 e. The van der Waals surface area contributed by atoms with Crippen molar-refractivity contribution >= 4 is 29.4 Å². The largest absolute Gasteiger partial charge is 0.497 e. The lowest BCUT2D eigenvalue weighted by atomic mass is 10.0. The van der Waals surface area contributed by atoms with E-state index in [2.05, 4.69) is 39.0 Å². The number of anilines is 1. The summed E-state index contributed by atoms with van der Waals surface area (Å²) in [5.41, 5.74) is 4.43. The molecule has 0 atom stereocenters. The molecule has 1 fully saturated rings. The molecule has 1 saturated heterocycles. The summed E-state index contributed by atoms with van der Waals surface area (Å²) in [6, 6.07) is 23.6. The van der Waals surface area contributed by atoms with Crippen LogP contribution in [0.15, 0.2) is 72.8 Å². The molecule has 4 aromatic rings. The molecule has 0 unspecified atom stereocenters. The number of halogens is 2. The van der Waals surface area contributed by atoms with Crippen molar-refractivity contribution in [3.63, 3.8) is 0 Å². The molecule has 1 aliphatic rings. The number of para-hydroxylation sites is 2. The maximum absolute atomic E-state index is 13.4. The van der Waals surface area contributed by atoms with E-state index in [1.807, 2.05) is 36.4 Å². The van der Waals surface area contributed by atoms with Crippen molar-refractivity contribution in [2.24, 2.45) is 0 Å². The van der Waals surface area contributed by atoms with Crippen LogP contribution in [0, 0.1) is 5.82 Å². The number of ether oxygens (including phenoxy) is 1. The fourth-order valence-corrected chi connectivity index (χ4v) is 4.72. The number of nitrogens with one attached hydrogen (secondary N) is 1. The predicted molar refractivity (Wildman–Crippen MR) is 142 cm³/mol. The van der Waals surface area contributed by atoms with E-state index in [0.717, 1.165) is 67.2 Å². The molecule has 35 heavy (non-hydrogen) atoms. The Bertz CT molecular complexity index is 1240. The van der Waals surface area contributed by atoms with E-state index >= 15 is 0 Å². The lowest BCUT2D eigenvalue weighted by Gasteiger charge is -2.32. The monoisotopic (exact) mass is 494 g/mol. The Hall–Kier alpha value is -3.09. The Labute approximate surface area is 212 Å². The van der Waals surface area contributed by atoms with Crippen molar-refractivity contribution in [2.45, 2.75) is 31.8 Å². The summed E-state index contributed by atoms with van der Waals surface area (Å²) < 4.78 is 20.9. The van der Waals surface area contributed by atoms with Gasteiger partial charge in [-0.25, -0.2) is 9.37 Å². The second-order valence-corrected chi connectivity index (χ2v) is 9.00. The van der Waals surface area contributed by atoms with Crippen molar-refractivity contribution in [1.29, 1.82) is 0 Å². The fraction of sp³-hybridized carbons (Fsp3) is 0.321. The number of rotatable bonds is 8. The van der Waals surface area contributed by atoms with Crippen LogP contribution >= 0.6 is 12.4 Å².